The van der Waals surface area contributed by atoms with Gasteiger partial charge in [-0.15, -0.1) is 0 Å². The first kappa shape index (κ1) is 12.3. The van der Waals surface area contributed by atoms with Crippen LogP contribution >= 0.6 is 27.3 Å². The van der Waals surface area contributed by atoms with Gasteiger partial charge in [0.05, 0.1) is 0 Å². The van der Waals surface area contributed by atoms with Gasteiger partial charge in [0.1, 0.15) is 0 Å². The Labute approximate surface area is 122 Å². The normalized spacial score (nSPS) is 16.6. The van der Waals surface area contributed by atoms with E-state index in [0.717, 1.165) is 15.6 Å². The third kappa shape index (κ3) is 2.67. The first-order chi connectivity index (χ1) is 9.22. The lowest BCUT2D eigenvalue weighted by Gasteiger charge is -1.99. The molecule has 1 aliphatic rings. The number of esters is 1. The van der Waals surface area contributed by atoms with Crippen molar-refractivity contribution in [1.29, 1.82) is 0 Å². The zero-order chi connectivity index (χ0) is 13.2. The van der Waals surface area contributed by atoms with Gasteiger partial charge in [0.25, 0.3) is 0 Å². The largest absolute Gasteiger partial charge is 0.402 e. The number of carbonyl (C=O) groups excluding carboxylic acids is 1. The maximum Gasteiger partial charge on any atom is 0.363 e. The summed E-state index contributed by atoms with van der Waals surface area (Å²) in [7, 11) is 0. The maximum atomic E-state index is 11.8. The quantitative estimate of drug-likeness (QED) is 0.618. The van der Waals surface area contributed by atoms with Crippen molar-refractivity contribution in [2.75, 3.05) is 0 Å². The van der Waals surface area contributed by atoms with Crippen molar-refractivity contribution in [3.8, 4) is 0 Å². The molecule has 19 heavy (non-hydrogen) atoms. The molecule has 1 aromatic carbocycles. The molecule has 0 fully saturated rings. The lowest BCUT2D eigenvalue weighted by Crippen LogP contribution is -2.05. The predicted molar refractivity (Wildman–Crippen MR) is 79.1 cm³/mol. The summed E-state index contributed by atoms with van der Waals surface area (Å²) < 4.78 is 6.10. The van der Waals surface area contributed by atoms with Crippen LogP contribution in [-0.2, 0) is 9.53 Å². The number of carbonyl (C=O) groups is 1. The van der Waals surface area contributed by atoms with Gasteiger partial charge in [-0.05, 0) is 46.7 Å². The molecule has 1 aromatic heterocycles. The molecular formula is C14H8BrNO2S. The second-order valence-electron chi connectivity index (χ2n) is 3.90. The van der Waals surface area contributed by atoms with Crippen LogP contribution in [0.4, 0.5) is 0 Å². The minimum absolute atomic E-state index is 0.327. The van der Waals surface area contributed by atoms with E-state index in [-0.39, 0.29) is 0 Å². The van der Waals surface area contributed by atoms with E-state index >= 15 is 0 Å². The van der Waals surface area contributed by atoms with Gasteiger partial charge in [-0.25, -0.2) is 9.79 Å². The SMILES string of the molecule is O=C1OC(c2cccc(Br)c2)=NC1=Cc1ccsc1. The van der Waals surface area contributed by atoms with E-state index in [2.05, 4.69) is 20.9 Å². The van der Waals surface area contributed by atoms with Gasteiger partial charge < -0.3 is 4.74 Å². The number of aliphatic imine (C=N–C) groups is 1. The fourth-order valence-electron chi connectivity index (χ4n) is 1.67. The van der Waals surface area contributed by atoms with E-state index in [9.17, 15) is 4.79 Å². The third-order valence-corrected chi connectivity index (χ3v) is 3.73. The van der Waals surface area contributed by atoms with Gasteiger partial charge >= 0.3 is 5.97 Å². The molecule has 0 aliphatic carbocycles. The minimum Gasteiger partial charge on any atom is -0.402 e. The molecule has 0 amide bonds. The van der Waals surface area contributed by atoms with Crippen LogP contribution in [0.25, 0.3) is 6.08 Å². The summed E-state index contributed by atoms with van der Waals surface area (Å²) in [6.07, 6.45) is 1.73. The summed E-state index contributed by atoms with van der Waals surface area (Å²) in [6, 6.07) is 9.42. The van der Waals surface area contributed by atoms with Gasteiger partial charge in [-0.3, -0.25) is 0 Å². The third-order valence-electron chi connectivity index (χ3n) is 2.54. The van der Waals surface area contributed by atoms with Crippen LogP contribution < -0.4 is 0 Å². The van der Waals surface area contributed by atoms with Crippen LogP contribution in [0.5, 0.6) is 0 Å². The highest BCUT2D eigenvalue weighted by atomic mass is 79.9. The van der Waals surface area contributed by atoms with Crippen molar-refractivity contribution in [1.82, 2.24) is 0 Å². The van der Waals surface area contributed by atoms with Gasteiger partial charge in [-0.2, -0.15) is 11.3 Å². The second kappa shape index (κ2) is 5.11. The molecule has 5 heteroatoms. The number of ether oxygens (including phenoxy) is 1. The Bertz CT molecular complexity index is 689. The maximum absolute atomic E-state index is 11.8. The van der Waals surface area contributed by atoms with Crippen molar-refractivity contribution in [3.05, 3.63) is 62.4 Å². The van der Waals surface area contributed by atoms with Gasteiger partial charge in [0, 0.05) is 10.0 Å². The van der Waals surface area contributed by atoms with Crippen LogP contribution in [0.2, 0.25) is 0 Å². The van der Waals surface area contributed by atoms with Crippen LogP contribution in [0.15, 0.2) is 56.3 Å². The van der Waals surface area contributed by atoms with Crippen molar-refractivity contribution in [2.45, 2.75) is 0 Å². The number of cyclic esters (lactones) is 1. The molecule has 0 radical (unpaired) electrons. The summed E-state index contributed by atoms with van der Waals surface area (Å²) >= 11 is 4.95. The molecule has 2 aromatic rings. The fraction of sp³-hybridized carbons (Fsp3) is 0. The number of hydrogen-bond donors (Lipinski definition) is 0. The molecule has 3 rings (SSSR count). The molecule has 0 unspecified atom stereocenters. The molecule has 0 saturated carbocycles. The molecule has 0 saturated heterocycles. The first-order valence-corrected chi connectivity index (χ1v) is 7.27. The number of benzene rings is 1. The standard InChI is InChI=1S/C14H8BrNO2S/c15-11-3-1-2-10(7-11)13-16-12(14(17)18-13)6-9-4-5-19-8-9/h1-8H. The lowest BCUT2D eigenvalue weighted by atomic mass is 10.2. The van der Waals surface area contributed by atoms with Crippen molar-refractivity contribution in [2.24, 2.45) is 4.99 Å². The molecule has 0 bridgehead atoms. The van der Waals surface area contributed by atoms with Crippen LogP contribution in [0.3, 0.4) is 0 Å². The zero-order valence-corrected chi connectivity index (χ0v) is 12.1. The summed E-state index contributed by atoms with van der Waals surface area (Å²) in [5.74, 6) is -0.0750. The van der Waals surface area contributed by atoms with Crippen molar-refractivity contribution >= 4 is 45.2 Å². The Morgan fingerprint density at radius 3 is 2.95 bits per heavy atom. The van der Waals surface area contributed by atoms with Gasteiger partial charge in [-0.1, -0.05) is 22.0 Å². The number of nitrogens with zero attached hydrogens (tertiary/aromatic N) is 1. The minimum atomic E-state index is -0.416. The summed E-state index contributed by atoms with van der Waals surface area (Å²) in [4.78, 5) is 16.0. The second-order valence-corrected chi connectivity index (χ2v) is 5.60. The molecule has 0 atom stereocenters. The first-order valence-electron chi connectivity index (χ1n) is 5.53. The average Bonchev–Trinajstić information content (AvgIpc) is 3.01. The van der Waals surface area contributed by atoms with Crippen molar-refractivity contribution in [3.63, 3.8) is 0 Å². The van der Waals surface area contributed by atoms with E-state index in [1.807, 2.05) is 41.1 Å². The van der Waals surface area contributed by atoms with Crippen LogP contribution in [0, 0.1) is 0 Å². The number of thiophene rings is 1. The molecule has 0 N–H and O–H groups in total. The molecule has 1 aliphatic heterocycles. The lowest BCUT2D eigenvalue weighted by molar-refractivity contribution is -0.129. The highest BCUT2D eigenvalue weighted by Gasteiger charge is 2.24. The Morgan fingerprint density at radius 1 is 1.32 bits per heavy atom. The highest BCUT2D eigenvalue weighted by Crippen LogP contribution is 2.21. The van der Waals surface area contributed by atoms with E-state index in [1.165, 1.54) is 0 Å². The smallest absolute Gasteiger partial charge is 0.363 e. The topological polar surface area (TPSA) is 38.7 Å². The van der Waals surface area contributed by atoms with Crippen LogP contribution in [0.1, 0.15) is 11.1 Å². The number of rotatable bonds is 2. The molecule has 0 spiro atoms. The summed E-state index contributed by atoms with van der Waals surface area (Å²) in [5, 5.41) is 3.90. The summed E-state index contributed by atoms with van der Waals surface area (Å²) in [5.41, 5.74) is 2.06. The van der Waals surface area contributed by atoms with Gasteiger partial charge in [0.15, 0.2) is 5.70 Å². The molecule has 3 nitrogen and oxygen atoms in total. The van der Waals surface area contributed by atoms with E-state index in [0.29, 0.717) is 11.6 Å². The van der Waals surface area contributed by atoms with E-state index < -0.39 is 5.97 Å². The highest BCUT2D eigenvalue weighted by molar-refractivity contribution is 9.10. The fourth-order valence-corrected chi connectivity index (χ4v) is 2.69. The Morgan fingerprint density at radius 2 is 2.21 bits per heavy atom. The van der Waals surface area contributed by atoms with Crippen molar-refractivity contribution < 1.29 is 9.53 Å². The number of hydrogen-bond acceptors (Lipinski definition) is 4. The summed E-state index contributed by atoms with van der Waals surface area (Å²) in [6.45, 7) is 0. The Balaban J connectivity index is 1.95. The molecule has 94 valence electrons. The zero-order valence-electron chi connectivity index (χ0n) is 9.67. The number of halogens is 1. The van der Waals surface area contributed by atoms with Gasteiger partial charge in [0.2, 0.25) is 5.90 Å². The Kier molecular flexibility index (Phi) is 3.31. The van der Waals surface area contributed by atoms with Crippen LogP contribution in [-0.4, -0.2) is 11.9 Å². The molecule has 2 heterocycles. The Hall–Kier alpha value is -1.72. The van der Waals surface area contributed by atoms with E-state index in [1.54, 1.807) is 17.4 Å². The average molecular weight is 334 g/mol. The van der Waals surface area contributed by atoms with E-state index in [4.69, 9.17) is 4.74 Å². The molecular weight excluding hydrogens is 326 g/mol. The predicted octanol–water partition coefficient (Wildman–Crippen LogP) is 3.86. The monoisotopic (exact) mass is 333 g/mol.